The maximum atomic E-state index is 11.9. The molecule has 1 aromatic rings. The van der Waals surface area contributed by atoms with Crippen LogP contribution >= 0.6 is 0 Å². The van der Waals surface area contributed by atoms with Gasteiger partial charge in [-0.1, -0.05) is 39.8 Å². The van der Waals surface area contributed by atoms with Crippen LogP contribution in [0.2, 0.25) is 0 Å². The van der Waals surface area contributed by atoms with Crippen molar-refractivity contribution in [3.05, 3.63) is 41.5 Å². The van der Waals surface area contributed by atoms with Gasteiger partial charge in [0.15, 0.2) is 0 Å². The summed E-state index contributed by atoms with van der Waals surface area (Å²) in [5, 5.41) is 15.5. The molecule has 0 heterocycles. The van der Waals surface area contributed by atoms with Gasteiger partial charge in [-0.25, -0.2) is 0 Å². The number of rotatable bonds is 7. The smallest absolute Gasteiger partial charge is 0.251 e. The van der Waals surface area contributed by atoms with Gasteiger partial charge in [0.25, 0.3) is 5.91 Å². The summed E-state index contributed by atoms with van der Waals surface area (Å²) in [6.07, 6.45) is 2.65. The Morgan fingerprint density at radius 1 is 1.21 bits per heavy atom. The number of aliphatic hydroxyl groups is 1. The Balaban J connectivity index is 2.58. The first-order valence-electron chi connectivity index (χ1n) is 8.13. The highest BCUT2D eigenvalue weighted by molar-refractivity contribution is 5.94. The number of nitrogens with one attached hydrogen (secondary N) is 2. The molecule has 0 spiro atoms. The van der Waals surface area contributed by atoms with Gasteiger partial charge in [-0.2, -0.15) is 0 Å². The zero-order chi connectivity index (χ0) is 18.3. The third-order valence-corrected chi connectivity index (χ3v) is 3.98. The number of carbonyl (C=O) groups excluding carboxylic acids is 2. The first-order chi connectivity index (χ1) is 11.2. The minimum atomic E-state index is -0.487. The molecule has 0 fully saturated rings. The molecule has 0 radical (unpaired) electrons. The van der Waals surface area contributed by atoms with Crippen LogP contribution in [0.4, 0.5) is 0 Å². The van der Waals surface area contributed by atoms with Gasteiger partial charge in [-0.05, 0) is 29.7 Å². The summed E-state index contributed by atoms with van der Waals surface area (Å²) in [5.41, 5.74) is 1.01. The summed E-state index contributed by atoms with van der Waals surface area (Å²) in [6.45, 7) is 8.16. The SMILES string of the molecule is CNC(=O)c1ccc(/C=C/C(=O)NCC(C)(C)C(O)C(C)C)cc1. The fraction of sp³-hybridized carbons (Fsp3) is 0.474. The summed E-state index contributed by atoms with van der Waals surface area (Å²) in [4.78, 5) is 23.4. The van der Waals surface area contributed by atoms with Gasteiger partial charge in [0.1, 0.15) is 0 Å². The van der Waals surface area contributed by atoms with Crippen molar-refractivity contribution in [2.45, 2.75) is 33.8 Å². The Hall–Kier alpha value is -2.14. The highest BCUT2D eigenvalue weighted by atomic mass is 16.3. The first-order valence-corrected chi connectivity index (χ1v) is 8.13. The molecule has 24 heavy (non-hydrogen) atoms. The van der Waals surface area contributed by atoms with Crippen LogP contribution < -0.4 is 10.6 Å². The molecule has 3 N–H and O–H groups in total. The number of hydrogen-bond acceptors (Lipinski definition) is 3. The summed E-state index contributed by atoms with van der Waals surface area (Å²) in [7, 11) is 1.58. The Morgan fingerprint density at radius 2 is 1.79 bits per heavy atom. The van der Waals surface area contributed by atoms with Crippen LogP contribution in [0.1, 0.15) is 43.6 Å². The van der Waals surface area contributed by atoms with Gasteiger partial charge in [0.05, 0.1) is 6.10 Å². The minimum Gasteiger partial charge on any atom is -0.392 e. The average molecular weight is 332 g/mol. The predicted molar refractivity (Wildman–Crippen MR) is 96.5 cm³/mol. The molecule has 132 valence electrons. The van der Waals surface area contributed by atoms with E-state index in [1.165, 1.54) is 6.08 Å². The van der Waals surface area contributed by atoms with Gasteiger partial charge in [0.2, 0.25) is 5.91 Å². The molecule has 5 nitrogen and oxygen atoms in total. The van der Waals surface area contributed by atoms with E-state index in [9.17, 15) is 14.7 Å². The number of hydrogen-bond donors (Lipinski definition) is 3. The van der Waals surface area contributed by atoms with Crippen LogP contribution in [0.15, 0.2) is 30.3 Å². The van der Waals surface area contributed by atoms with Crippen LogP contribution in [-0.4, -0.2) is 36.6 Å². The second-order valence-corrected chi connectivity index (χ2v) is 6.93. The van der Waals surface area contributed by atoms with Gasteiger partial charge < -0.3 is 15.7 Å². The monoisotopic (exact) mass is 332 g/mol. The second kappa shape index (κ2) is 8.64. The van der Waals surface area contributed by atoms with Crippen molar-refractivity contribution in [3.8, 4) is 0 Å². The normalized spacial score (nSPS) is 13.1. The standard InChI is InChI=1S/C19H28N2O3/c1-13(2)17(23)19(3,4)12-21-16(22)11-8-14-6-9-15(10-7-14)18(24)20-5/h6-11,13,17,23H,12H2,1-5H3,(H,20,24)(H,21,22)/b11-8+. The number of aliphatic hydroxyl groups excluding tert-OH is 1. The van der Waals surface area contributed by atoms with E-state index in [4.69, 9.17) is 0 Å². The molecule has 2 amide bonds. The van der Waals surface area contributed by atoms with Crippen molar-refractivity contribution < 1.29 is 14.7 Å². The van der Waals surface area contributed by atoms with Crippen LogP contribution in [0.5, 0.6) is 0 Å². The molecule has 0 aliphatic rings. The average Bonchev–Trinajstić information content (AvgIpc) is 2.57. The van der Waals surface area contributed by atoms with E-state index in [2.05, 4.69) is 10.6 Å². The maximum Gasteiger partial charge on any atom is 0.251 e. The molecule has 0 saturated carbocycles. The summed E-state index contributed by atoms with van der Waals surface area (Å²) in [6, 6.07) is 6.97. The van der Waals surface area contributed by atoms with E-state index in [1.54, 1.807) is 37.4 Å². The Labute approximate surface area is 144 Å². The molecule has 1 unspecified atom stereocenters. The van der Waals surface area contributed by atoms with Crippen molar-refractivity contribution in [3.63, 3.8) is 0 Å². The third-order valence-electron chi connectivity index (χ3n) is 3.98. The summed E-state index contributed by atoms with van der Waals surface area (Å²) < 4.78 is 0. The molecular formula is C19H28N2O3. The lowest BCUT2D eigenvalue weighted by Crippen LogP contribution is -2.43. The zero-order valence-electron chi connectivity index (χ0n) is 15.1. The largest absolute Gasteiger partial charge is 0.392 e. The van der Waals surface area contributed by atoms with E-state index in [0.29, 0.717) is 12.1 Å². The Kier molecular flexibility index (Phi) is 7.17. The van der Waals surface area contributed by atoms with Crippen LogP contribution in [0, 0.1) is 11.3 Å². The summed E-state index contributed by atoms with van der Waals surface area (Å²) >= 11 is 0. The lowest BCUT2D eigenvalue weighted by molar-refractivity contribution is -0.117. The number of carbonyl (C=O) groups is 2. The van der Waals surface area contributed by atoms with Crippen LogP contribution in [-0.2, 0) is 4.79 Å². The highest BCUT2D eigenvalue weighted by Crippen LogP contribution is 2.25. The highest BCUT2D eigenvalue weighted by Gasteiger charge is 2.30. The van der Waals surface area contributed by atoms with Gasteiger partial charge in [0, 0.05) is 30.6 Å². The lowest BCUT2D eigenvalue weighted by Gasteiger charge is -2.33. The van der Waals surface area contributed by atoms with Gasteiger partial charge in [-0.3, -0.25) is 9.59 Å². The molecule has 5 heteroatoms. The molecule has 0 saturated heterocycles. The van der Waals surface area contributed by atoms with Crippen molar-refractivity contribution in [1.29, 1.82) is 0 Å². The topological polar surface area (TPSA) is 78.4 Å². The fourth-order valence-corrected chi connectivity index (χ4v) is 2.44. The lowest BCUT2D eigenvalue weighted by atomic mass is 9.81. The zero-order valence-corrected chi connectivity index (χ0v) is 15.1. The number of amides is 2. The minimum absolute atomic E-state index is 0.131. The molecule has 1 aromatic carbocycles. The van der Waals surface area contributed by atoms with Crippen molar-refractivity contribution >= 4 is 17.9 Å². The molecule has 1 atom stereocenters. The van der Waals surface area contributed by atoms with Crippen molar-refractivity contribution in [2.75, 3.05) is 13.6 Å². The van der Waals surface area contributed by atoms with E-state index >= 15 is 0 Å². The maximum absolute atomic E-state index is 11.9. The van der Waals surface area contributed by atoms with Crippen molar-refractivity contribution in [1.82, 2.24) is 10.6 Å². The fourth-order valence-electron chi connectivity index (χ4n) is 2.44. The molecular weight excluding hydrogens is 304 g/mol. The van der Waals surface area contributed by atoms with E-state index in [1.807, 2.05) is 27.7 Å². The van der Waals surface area contributed by atoms with E-state index in [0.717, 1.165) is 5.56 Å². The Bertz CT molecular complexity index is 589. The van der Waals surface area contributed by atoms with E-state index in [-0.39, 0.29) is 17.7 Å². The second-order valence-electron chi connectivity index (χ2n) is 6.93. The first kappa shape index (κ1) is 19.9. The molecule has 0 aromatic heterocycles. The summed E-state index contributed by atoms with van der Waals surface area (Å²) in [5.74, 6) is -0.227. The molecule has 0 aliphatic heterocycles. The van der Waals surface area contributed by atoms with Crippen LogP contribution in [0.25, 0.3) is 6.08 Å². The predicted octanol–water partition coefficient (Wildman–Crippen LogP) is 2.22. The molecule has 1 rings (SSSR count). The van der Waals surface area contributed by atoms with Crippen LogP contribution in [0.3, 0.4) is 0 Å². The van der Waals surface area contributed by atoms with Crippen molar-refractivity contribution in [2.24, 2.45) is 11.3 Å². The Morgan fingerprint density at radius 3 is 2.29 bits per heavy atom. The van der Waals surface area contributed by atoms with E-state index < -0.39 is 11.5 Å². The quantitative estimate of drug-likeness (QED) is 0.670. The number of benzene rings is 1. The molecule has 0 aliphatic carbocycles. The molecule has 0 bridgehead atoms. The van der Waals surface area contributed by atoms with Gasteiger partial charge >= 0.3 is 0 Å². The third kappa shape index (κ3) is 5.81. The van der Waals surface area contributed by atoms with Gasteiger partial charge in [-0.15, -0.1) is 0 Å².